The Morgan fingerprint density at radius 1 is 0.837 bits per heavy atom. The van der Waals surface area contributed by atoms with Gasteiger partial charge in [-0.05, 0) is 74.1 Å². The number of ether oxygens (including phenoxy) is 1. The number of nitrogens with zero attached hydrogens (tertiary/aromatic N) is 1. The van der Waals surface area contributed by atoms with Crippen molar-refractivity contribution in [2.75, 3.05) is 5.32 Å². The highest BCUT2D eigenvalue weighted by atomic mass is 16.6. The Morgan fingerprint density at radius 3 is 2.09 bits per heavy atom. The quantitative estimate of drug-likeness (QED) is 0.223. The summed E-state index contributed by atoms with van der Waals surface area (Å²) in [7, 11) is 0. The summed E-state index contributed by atoms with van der Waals surface area (Å²) in [5.41, 5.74) is 1.52. The molecule has 0 heterocycles. The summed E-state index contributed by atoms with van der Waals surface area (Å²) in [6, 6.07) is 30.7. The summed E-state index contributed by atoms with van der Waals surface area (Å²) >= 11 is 0. The number of carbonyl (C=O) groups excluding carboxylic acids is 3. The van der Waals surface area contributed by atoms with Gasteiger partial charge < -0.3 is 20.3 Å². The molecule has 4 aromatic rings. The average Bonchev–Trinajstić information content (AvgIpc) is 2.95. The number of rotatable bonds is 9. The fraction of sp³-hybridized carbons (Fsp3) is 0.306. The predicted molar refractivity (Wildman–Crippen MR) is 170 cm³/mol. The van der Waals surface area contributed by atoms with Crippen LogP contribution in [0.5, 0.6) is 0 Å². The molecular formula is C36H39N3O4. The number of carbonyl (C=O) groups is 3. The number of hydrogen-bond donors (Lipinski definition) is 2. The van der Waals surface area contributed by atoms with E-state index in [1.54, 1.807) is 25.7 Å². The molecule has 222 valence electrons. The fourth-order valence-electron chi connectivity index (χ4n) is 5.41. The van der Waals surface area contributed by atoms with E-state index in [9.17, 15) is 14.4 Å². The lowest BCUT2D eigenvalue weighted by atomic mass is 9.87. The minimum Gasteiger partial charge on any atom is -0.444 e. The van der Waals surface area contributed by atoms with E-state index in [-0.39, 0.29) is 24.3 Å². The lowest BCUT2D eigenvalue weighted by molar-refractivity contribution is -0.145. The van der Waals surface area contributed by atoms with Crippen molar-refractivity contribution in [3.63, 3.8) is 0 Å². The first kappa shape index (κ1) is 29.8. The van der Waals surface area contributed by atoms with Gasteiger partial charge >= 0.3 is 6.09 Å². The minimum atomic E-state index is -0.933. The number of anilines is 1. The maximum atomic E-state index is 14.6. The van der Waals surface area contributed by atoms with Crippen molar-refractivity contribution < 1.29 is 19.1 Å². The molecule has 2 atom stereocenters. The topological polar surface area (TPSA) is 87.7 Å². The molecule has 0 bridgehead atoms. The Morgan fingerprint density at radius 2 is 1.47 bits per heavy atom. The van der Waals surface area contributed by atoms with Crippen molar-refractivity contribution >= 4 is 34.4 Å². The zero-order valence-corrected chi connectivity index (χ0v) is 25.0. The van der Waals surface area contributed by atoms with Gasteiger partial charge in [0.05, 0.1) is 0 Å². The molecule has 43 heavy (non-hydrogen) atoms. The molecule has 0 aromatic heterocycles. The molecule has 3 amide bonds. The van der Waals surface area contributed by atoms with Gasteiger partial charge in [-0.2, -0.15) is 0 Å². The molecule has 7 nitrogen and oxygen atoms in total. The van der Waals surface area contributed by atoms with Gasteiger partial charge in [0.25, 0.3) is 5.91 Å². The van der Waals surface area contributed by atoms with Crippen LogP contribution in [0.25, 0.3) is 10.8 Å². The second kappa shape index (κ2) is 13.1. The third kappa shape index (κ3) is 7.60. The van der Waals surface area contributed by atoms with Crippen molar-refractivity contribution in [2.45, 2.75) is 70.2 Å². The largest absolute Gasteiger partial charge is 0.444 e. The van der Waals surface area contributed by atoms with E-state index < -0.39 is 23.8 Å². The maximum Gasteiger partial charge on any atom is 0.408 e. The molecule has 1 aliphatic rings. The van der Waals surface area contributed by atoms with Crippen LogP contribution < -0.4 is 10.6 Å². The van der Waals surface area contributed by atoms with Gasteiger partial charge in [-0.15, -0.1) is 0 Å². The van der Waals surface area contributed by atoms with E-state index in [2.05, 4.69) is 10.6 Å². The van der Waals surface area contributed by atoms with Gasteiger partial charge in [-0.3, -0.25) is 9.59 Å². The Hall–Kier alpha value is -4.65. The Kier molecular flexibility index (Phi) is 9.10. The van der Waals surface area contributed by atoms with Crippen LogP contribution >= 0.6 is 0 Å². The third-order valence-corrected chi connectivity index (χ3v) is 7.65. The van der Waals surface area contributed by atoms with Crippen molar-refractivity contribution in [3.05, 3.63) is 114 Å². The first-order valence-corrected chi connectivity index (χ1v) is 14.9. The van der Waals surface area contributed by atoms with Crippen LogP contribution in [-0.4, -0.2) is 40.5 Å². The van der Waals surface area contributed by atoms with Crippen molar-refractivity contribution in [1.29, 1.82) is 0 Å². The molecule has 5 rings (SSSR count). The molecule has 0 aliphatic heterocycles. The van der Waals surface area contributed by atoms with E-state index in [1.165, 1.54) is 0 Å². The highest BCUT2D eigenvalue weighted by Gasteiger charge is 2.42. The van der Waals surface area contributed by atoms with Crippen LogP contribution in [0.3, 0.4) is 0 Å². The van der Waals surface area contributed by atoms with E-state index in [0.29, 0.717) is 11.3 Å². The predicted octanol–water partition coefficient (Wildman–Crippen LogP) is 7.04. The SMILES string of the molecule is CC(C)(C)OC(=O)NC(Cc1ccccc1)C(=O)N(C1CCC1)C(C(=O)Nc1ccc2ccccc2c1)c1ccccc1. The number of hydrogen-bond acceptors (Lipinski definition) is 4. The number of amides is 3. The Labute approximate surface area is 253 Å². The van der Waals surface area contributed by atoms with Crippen molar-refractivity contribution in [3.8, 4) is 0 Å². The Bertz CT molecular complexity index is 1560. The van der Waals surface area contributed by atoms with Gasteiger partial charge in [0.15, 0.2) is 0 Å². The van der Waals surface area contributed by atoms with E-state index in [1.807, 2.05) is 103 Å². The zero-order chi connectivity index (χ0) is 30.4. The highest BCUT2D eigenvalue weighted by molar-refractivity contribution is 6.00. The fourth-order valence-corrected chi connectivity index (χ4v) is 5.41. The highest BCUT2D eigenvalue weighted by Crippen LogP contribution is 2.35. The first-order valence-electron chi connectivity index (χ1n) is 14.9. The second-order valence-electron chi connectivity index (χ2n) is 12.1. The standard InChI is InChI=1S/C36H39N3O4/c1-36(2,3)43-35(42)38-31(23-25-13-6-4-7-14-25)34(41)39(30-19-12-20-30)32(27-16-8-5-9-17-27)33(40)37-29-22-21-26-15-10-11-18-28(26)24-29/h4-11,13-18,21-22,24,30-32H,12,19-20,23H2,1-3H3,(H,37,40)(H,38,42). The van der Waals surface area contributed by atoms with Crippen LogP contribution in [0, 0.1) is 0 Å². The van der Waals surface area contributed by atoms with Gasteiger partial charge in [0, 0.05) is 18.2 Å². The monoisotopic (exact) mass is 577 g/mol. The Balaban J connectivity index is 1.50. The number of fused-ring (bicyclic) bond motifs is 1. The molecule has 0 saturated heterocycles. The second-order valence-corrected chi connectivity index (χ2v) is 12.1. The van der Waals surface area contributed by atoms with Crippen molar-refractivity contribution in [1.82, 2.24) is 10.2 Å². The van der Waals surface area contributed by atoms with Crippen LogP contribution in [0.15, 0.2) is 103 Å². The van der Waals surface area contributed by atoms with Crippen LogP contribution in [-0.2, 0) is 20.7 Å². The summed E-state index contributed by atoms with van der Waals surface area (Å²) in [5, 5.41) is 8.00. The zero-order valence-electron chi connectivity index (χ0n) is 25.0. The van der Waals surface area contributed by atoms with Gasteiger partial charge in [-0.1, -0.05) is 91.0 Å². The molecule has 2 N–H and O–H groups in total. The summed E-state index contributed by atoms with van der Waals surface area (Å²) in [5.74, 6) is -0.626. The smallest absolute Gasteiger partial charge is 0.408 e. The lowest BCUT2D eigenvalue weighted by Crippen LogP contribution is -2.57. The van der Waals surface area contributed by atoms with Crippen LogP contribution in [0.4, 0.5) is 10.5 Å². The van der Waals surface area contributed by atoms with E-state index in [0.717, 1.165) is 35.6 Å². The molecule has 1 saturated carbocycles. The molecule has 0 spiro atoms. The summed E-state index contributed by atoms with van der Waals surface area (Å²) < 4.78 is 5.54. The normalized spacial score (nSPS) is 14.7. The van der Waals surface area contributed by atoms with E-state index >= 15 is 0 Å². The van der Waals surface area contributed by atoms with E-state index in [4.69, 9.17) is 4.74 Å². The summed E-state index contributed by atoms with van der Waals surface area (Å²) in [6.07, 6.45) is 2.11. The van der Waals surface area contributed by atoms with Gasteiger partial charge in [0.1, 0.15) is 17.7 Å². The lowest BCUT2D eigenvalue weighted by Gasteiger charge is -2.43. The van der Waals surface area contributed by atoms with Crippen LogP contribution in [0.1, 0.15) is 57.2 Å². The maximum absolute atomic E-state index is 14.6. The third-order valence-electron chi connectivity index (χ3n) is 7.65. The number of alkyl carbamates (subject to hydrolysis) is 1. The first-order chi connectivity index (χ1) is 20.7. The number of nitrogens with one attached hydrogen (secondary N) is 2. The molecule has 4 aromatic carbocycles. The molecule has 1 aliphatic carbocycles. The summed E-state index contributed by atoms with van der Waals surface area (Å²) in [4.78, 5) is 43.5. The summed E-state index contributed by atoms with van der Waals surface area (Å²) in [6.45, 7) is 5.34. The minimum absolute atomic E-state index is 0.140. The molecule has 7 heteroatoms. The molecule has 2 unspecified atom stereocenters. The average molecular weight is 578 g/mol. The molecule has 0 radical (unpaired) electrons. The molecule has 1 fully saturated rings. The number of benzene rings is 4. The molecular weight excluding hydrogens is 538 g/mol. The van der Waals surface area contributed by atoms with Gasteiger partial charge in [0.2, 0.25) is 5.91 Å². The van der Waals surface area contributed by atoms with Crippen molar-refractivity contribution in [2.24, 2.45) is 0 Å². The van der Waals surface area contributed by atoms with Crippen LogP contribution in [0.2, 0.25) is 0 Å². The van der Waals surface area contributed by atoms with Gasteiger partial charge in [-0.25, -0.2) is 4.79 Å².